The molecule has 3 heterocycles. The summed E-state index contributed by atoms with van der Waals surface area (Å²) < 4.78 is 3.79. The molecule has 4 aromatic rings. The predicted octanol–water partition coefficient (Wildman–Crippen LogP) is 4.01. The van der Waals surface area contributed by atoms with Gasteiger partial charge in [-0.15, -0.1) is 11.3 Å². The second kappa shape index (κ2) is 9.00. The van der Waals surface area contributed by atoms with Crippen LogP contribution in [0.3, 0.4) is 0 Å². The molecule has 3 aromatic heterocycles. The first-order valence-corrected chi connectivity index (χ1v) is 12.2. The minimum Gasteiger partial charge on any atom is -0.310 e. The normalized spacial score (nSPS) is 15.9. The van der Waals surface area contributed by atoms with Crippen LogP contribution >= 0.6 is 11.3 Å². The molecule has 0 unspecified atom stereocenters. The third-order valence-corrected chi connectivity index (χ3v) is 7.51. The Hall–Kier alpha value is -2.77. The largest absolute Gasteiger partial charge is 0.310 e. The highest BCUT2D eigenvalue weighted by atomic mass is 32.1. The van der Waals surface area contributed by atoms with E-state index in [1.165, 1.54) is 16.0 Å². The molecule has 0 aliphatic heterocycles. The second-order valence-electron chi connectivity index (χ2n) is 8.74. The summed E-state index contributed by atoms with van der Waals surface area (Å²) in [7, 11) is 0. The summed E-state index contributed by atoms with van der Waals surface area (Å²) in [5, 5.41) is 9.05. The fourth-order valence-corrected chi connectivity index (χ4v) is 5.94. The molecular formula is C25H29N5OS. The van der Waals surface area contributed by atoms with E-state index < -0.39 is 0 Å². The van der Waals surface area contributed by atoms with Crippen LogP contribution in [0.15, 0.2) is 47.5 Å². The van der Waals surface area contributed by atoms with Crippen molar-refractivity contribution in [3.63, 3.8) is 0 Å². The third kappa shape index (κ3) is 4.27. The quantitative estimate of drug-likeness (QED) is 0.465. The number of aromatic nitrogens is 4. The fraction of sp³-hybridized carbons (Fsp3) is 0.400. The van der Waals surface area contributed by atoms with Gasteiger partial charge in [-0.2, -0.15) is 5.10 Å². The fourth-order valence-electron chi connectivity index (χ4n) is 4.68. The molecular weight excluding hydrogens is 418 g/mol. The van der Waals surface area contributed by atoms with Crippen molar-refractivity contribution in [2.24, 2.45) is 0 Å². The van der Waals surface area contributed by atoms with E-state index in [4.69, 9.17) is 0 Å². The van der Waals surface area contributed by atoms with E-state index in [0.29, 0.717) is 12.6 Å². The van der Waals surface area contributed by atoms with Gasteiger partial charge in [-0.05, 0) is 56.7 Å². The van der Waals surface area contributed by atoms with E-state index in [0.717, 1.165) is 60.4 Å². The molecule has 0 radical (unpaired) electrons. The summed E-state index contributed by atoms with van der Waals surface area (Å²) >= 11 is 1.69. The minimum atomic E-state index is 0.108. The first-order valence-electron chi connectivity index (χ1n) is 11.4. The van der Waals surface area contributed by atoms with Gasteiger partial charge in [0.15, 0.2) is 0 Å². The van der Waals surface area contributed by atoms with Crippen LogP contribution in [0.4, 0.5) is 0 Å². The van der Waals surface area contributed by atoms with Crippen molar-refractivity contribution in [2.45, 2.75) is 65.2 Å². The predicted molar refractivity (Wildman–Crippen MR) is 129 cm³/mol. The van der Waals surface area contributed by atoms with Gasteiger partial charge in [-0.1, -0.05) is 30.3 Å². The molecule has 1 aliphatic rings. The summed E-state index contributed by atoms with van der Waals surface area (Å²) in [6, 6.07) is 13.0. The lowest BCUT2D eigenvalue weighted by atomic mass is 9.93. The number of nitrogens with zero attached hydrogens (tertiary/aromatic N) is 4. The number of hydrogen-bond donors (Lipinski definition) is 1. The highest BCUT2D eigenvalue weighted by molar-refractivity contribution is 7.18. The number of aryl methyl sites for hydroxylation is 5. The van der Waals surface area contributed by atoms with Gasteiger partial charge in [-0.25, -0.2) is 4.98 Å². The number of fused-ring (bicyclic) bond motifs is 3. The van der Waals surface area contributed by atoms with Crippen LogP contribution < -0.4 is 10.9 Å². The van der Waals surface area contributed by atoms with Crippen molar-refractivity contribution in [3.8, 4) is 0 Å². The van der Waals surface area contributed by atoms with Crippen molar-refractivity contribution in [1.29, 1.82) is 0 Å². The minimum absolute atomic E-state index is 0.108. The maximum absolute atomic E-state index is 13.3. The third-order valence-electron chi connectivity index (χ3n) is 6.35. The molecule has 1 N–H and O–H groups in total. The number of hydrogen-bond acceptors (Lipinski definition) is 5. The number of benzene rings is 1. The molecule has 7 heteroatoms. The highest BCUT2D eigenvalue weighted by Gasteiger charge is 2.25. The van der Waals surface area contributed by atoms with Crippen molar-refractivity contribution in [3.05, 3.63) is 80.5 Å². The van der Waals surface area contributed by atoms with Crippen LogP contribution in [0.25, 0.3) is 10.2 Å². The van der Waals surface area contributed by atoms with E-state index in [9.17, 15) is 4.79 Å². The van der Waals surface area contributed by atoms with Crippen LogP contribution in [-0.2, 0) is 32.5 Å². The maximum atomic E-state index is 13.3. The molecule has 0 fully saturated rings. The number of thiophene rings is 1. The Morgan fingerprint density at radius 1 is 1.19 bits per heavy atom. The van der Waals surface area contributed by atoms with E-state index in [-0.39, 0.29) is 5.56 Å². The van der Waals surface area contributed by atoms with Gasteiger partial charge in [-0.3, -0.25) is 14.0 Å². The lowest BCUT2D eigenvalue weighted by Gasteiger charge is -2.23. The summed E-state index contributed by atoms with van der Waals surface area (Å²) in [6.45, 7) is 6.42. The second-order valence-corrected chi connectivity index (χ2v) is 9.82. The Bertz CT molecular complexity index is 1290. The van der Waals surface area contributed by atoms with E-state index >= 15 is 0 Å². The van der Waals surface area contributed by atoms with Gasteiger partial charge in [0.25, 0.3) is 5.56 Å². The first-order chi connectivity index (χ1) is 15.6. The molecule has 1 atom stereocenters. The summed E-state index contributed by atoms with van der Waals surface area (Å²) in [5.41, 5.74) is 4.83. The molecule has 0 amide bonds. The lowest BCUT2D eigenvalue weighted by molar-refractivity contribution is 0.462. The molecule has 0 saturated carbocycles. The van der Waals surface area contributed by atoms with Gasteiger partial charge in [0.05, 0.1) is 17.4 Å². The molecule has 166 valence electrons. The van der Waals surface area contributed by atoms with E-state index in [2.05, 4.69) is 52.7 Å². The molecule has 1 aliphatic carbocycles. The van der Waals surface area contributed by atoms with Crippen LogP contribution in [0, 0.1) is 13.8 Å². The van der Waals surface area contributed by atoms with Gasteiger partial charge in [0, 0.05) is 36.2 Å². The average molecular weight is 448 g/mol. The monoisotopic (exact) mass is 447 g/mol. The average Bonchev–Trinajstić information content (AvgIpc) is 3.33. The Morgan fingerprint density at radius 3 is 2.81 bits per heavy atom. The Balaban J connectivity index is 1.28. The lowest BCUT2D eigenvalue weighted by Crippen LogP contribution is -2.33. The van der Waals surface area contributed by atoms with Crippen LogP contribution in [0.2, 0.25) is 0 Å². The van der Waals surface area contributed by atoms with Crippen LogP contribution in [0.5, 0.6) is 0 Å². The van der Waals surface area contributed by atoms with Gasteiger partial charge in [0.2, 0.25) is 0 Å². The zero-order chi connectivity index (χ0) is 22.1. The van der Waals surface area contributed by atoms with Crippen LogP contribution in [0.1, 0.15) is 40.2 Å². The van der Waals surface area contributed by atoms with Crippen molar-refractivity contribution >= 4 is 21.6 Å². The summed E-state index contributed by atoms with van der Waals surface area (Å²) in [4.78, 5) is 20.1. The Labute approximate surface area is 191 Å². The van der Waals surface area contributed by atoms with Crippen molar-refractivity contribution in [1.82, 2.24) is 24.6 Å². The van der Waals surface area contributed by atoms with E-state index in [1.54, 1.807) is 22.2 Å². The van der Waals surface area contributed by atoms with Crippen molar-refractivity contribution in [2.75, 3.05) is 0 Å². The standard InChI is InChI=1S/C25H29N5OS/c1-17-13-18(2)30(28-17)12-6-11-29-16-27-24-23(25(29)31)21-10-9-20(14-22(21)32-24)26-15-19-7-4-3-5-8-19/h3-5,7-8,13,16,20,26H,6,9-12,14-15H2,1-2H3/t20-/m1/s1. The molecule has 0 bridgehead atoms. The van der Waals surface area contributed by atoms with Crippen LogP contribution in [-0.4, -0.2) is 25.4 Å². The Morgan fingerprint density at radius 2 is 2.03 bits per heavy atom. The summed E-state index contributed by atoms with van der Waals surface area (Å²) in [6.07, 6.45) is 5.54. The van der Waals surface area contributed by atoms with Gasteiger partial charge < -0.3 is 5.32 Å². The van der Waals surface area contributed by atoms with Crippen molar-refractivity contribution < 1.29 is 0 Å². The molecule has 1 aromatic carbocycles. The molecule has 5 rings (SSSR count). The highest BCUT2D eigenvalue weighted by Crippen LogP contribution is 2.33. The molecule has 6 nitrogen and oxygen atoms in total. The topological polar surface area (TPSA) is 64.7 Å². The Kier molecular flexibility index (Phi) is 5.93. The SMILES string of the molecule is Cc1cc(C)n(CCCn2cnc3sc4c(c3c2=O)CC[C@@H](NCc2ccccc2)C4)n1. The molecule has 32 heavy (non-hydrogen) atoms. The van der Waals surface area contributed by atoms with E-state index in [1.807, 2.05) is 17.7 Å². The molecule has 0 spiro atoms. The first kappa shape index (κ1) is 21.1. The number of rotatable bonds is 7. The van der Waals surface area contributed by atoms with Gasteiger partial charge in [0.1, 0.15) is 4.83 Å². The zero-order valence-corrected chi connectivity index (χ0v) is 19.5. The smallest absolute Gasteiger partial charge is 0.262 e. The zero-order valence-electron chi connectivity index (χ0n) is 18.7. The summed E-state index contributed by atoms with van der Waals surface area (Å²) in [5.74, 6) is 0. The maximum Gasteiger partial charge on any atom is 0.262 e. The van der Waals surface area contributed by atoms with Gasteiger partial charge >= 0.3 is 0 Å². The molecule has 0 saturated heterocycles. The number of nitrogens with one attached hydrogen (secondary N) is 1.